The maximum absolute atomic E-state index is 12.9. The molecule has 36 heavy (non-hydrogen) atoms. The number of nitrogens with one attached hydrogen (secondary N) is 1. The van der Waals surface area contributed by atoms with Gasteiger partial charge in [0.05, 0.1) is 12.0 Å². The molecule has 0 aliphatic heterocycles. The van der Waals surface area contributed by atoms with E-state index in [1.807, 2.05) is 63.4 Å². The van der Waals surface area contributed by atoms with Gasteiger partial charge in [0.1, 0.15) is 16.9 Å². The number of furan rings is 1. The first-order valence-electron chi connectivity index (χ1n) is 11.8. The van der Waals surface area contributed by atoms with Crippen LogP contribution in [0.4, 0.5) is 0 Å². The molecule has 0 bridgehead atoms. The Morgan fingerprint density at radius 3 is 2.39 bits per heavy atom. The van der Waals surface area contributed by atoms with E-state index in [0.717, 1.165) is 38.8 Å². The number of benzene rings is 2. The number of aryl methyl sites for hydroxylation is 3. The van der Waals surface area contributed by atoms with Crippen LogP contribution in [0.1, 0.15) is 35.3 Å². The van der Waals surface area contributed by atoms with Crippen LogP contribution in [-0.4, -0.2) is 29.9 Å². The van der Waals surface area contributed by atoms with Crippen molar-refractivity contribution in [2.24, 2.45) is 0 Å². The van der Waals surface area contributed by atoms with Crippen LogP contribution in [0.5, 0.6) is 0 Å². The summed E-state index contributed by atoms with van der Waals surface area (Å²) in [5.74, 6) is -0.413. The summed E-state index contributed by atoms with van der Waals surface area (Å²) in [6, 6.07) is 10.9. The fraction of sp³-hybridized carbons (Fsp3) is 0.321. The normalized spacial score (nSPS) is 12.2. The van der Waals surface area contributed by atoms with Gasteiger partial charge in [-0.05, 0) is 62.8 Å². The van der Waals surface area contributed by atoms with Crippen molar-refractivity contribution in [1.29, 1.82) is 0 Å². The molecule has 0 spiro atoms. The van der Waals surface area contributed by atoms with Gasteiger partial charge in [-0.1, -0.05) is 30.3 Å². The van der Waals surface area contributed by atoms with E-state index in [0.29, 0.717) is 22.5 Å². The van der Waals surface area contributed by atoms with Gasteiger partial charge in [0.25, 0.3) is 0 Å². The number of carbonyl (C=O) groups excluding carboxylic acids is 2. The number of rotatable bonds is 9. The number of hydrogen-bond acceptors (Lipinski definition) is 7. The number of thioether (sulfide) groups is 1. The van der Waals surface area contributed by atoms with Gasteiger partial charge in [-0.25, -0.2) is 4.79 Å². The van der Waals surface area contributed by atoms with Crippen LogP contribution in [0.2, 0.25) is 0 Å². The Morgan fingerprint density at radius 2 is 1.72 bits per heavy atom. The molecule has 0 saturated carbocycles. The number of aliphatic carboxylic acids is 1. The summed E-state index contributed by atoms with van der Waals surface area (Å²) in [7, 11) is 0. The zero-order valence-electron chi connectivity index (χ0n) is 20.7. The van der Waals surface area contributed by atoms with Crippen molar-refractivity contribution >= 4 is 45.6 Å². The number of amides is 1. The minimum Gasteiger partial charge on any atom is -0.548 e. The predicted octanol–water partition coefficient (Wildman–Crippen LogP) is 4.05. The number of carboxylic acid groups (broad SMARTS) is 1. The summed E-state index contributed by atoms with van der Waals surface area (Å²) in [4.78, 5) is 36.7. The monoisotopic (exact) mass is 506 g/mol. The third kappa shape index (κ3) is 4.91. The second-order valence-electron chi connectivity index (χ2n) is 8.87. The van der Waals surface area contributed by atoms with Crippen molar-refractivity contribution in [3.63, 3.8) is 0 Å². The Kier molecular flexibility index (Phi) is 7.54. The van der Waals surface area contributed by atoms with Crippen molar-refractivity contribution in [3.8, 4) is 11.1 Å². The Hall–Kier alpha value is -3.52. The van der Waals surface area contributed by atoms with Crippen LogP contribution < -0.4 is 16.0 Å². The molecule has 0 aliphatic rings. The highest BCUT2D eigenvalue weighted by Crippen LogP contribution is 2.39. The Balaban J connectivity index is 1.70. The molecule has 7 nitrogen and oxygen atoms in total. The molecule has 1 atom stereocenters. The Morgan fingerprint density at radius 1 is 1.03 bits per heavy atom. The van der Waals surface area contributed by atoms with Gasteiger partial charge in [-0.2, -0.15) is 11.8 Å². The summed E-state index contributed by atoms with van der Waals surface area (Å²) in [6.07, 6.45) is 2.22. The highest BCUT2D eigenvalue weighted by molar-refractivity contribution is 7.98. The van der Waals surface area contributed by atoms with Gasteiger partial charge in [0, 0.05) is 33.9 Å². The van der Waals surface area contributed by atoms with Crippen LogP contribution >= 0.6 is 11.8 Å². The summed E-state index contributed by atoms with van der Waals surface area (Å²) in [5.41, 5.74) is 4.50. The van der Waals surface area contributed by atoms with Crippen molar-refractivity contribution in [2.45, 2.75) is 46.1 Å². The SMILES string of the molecule is CSCC[C@H](NC(=O)CCc1c(C)c2cc3c(-c4ccccc4)c(C)oc3c(C)c2oc1=O)C(=O)[O-]. The molecule has 8 heteroatoms. The third-order valence-corrected chi connectivity index (χ3v) is 7.17. The van der Waals surface area contributed by atoms with Gasteiger partial charge in [-0.15, -0.1) is 0 Å². The Bertz CT molecular complexity index is 1500. The molecule has 0 radical (unpaired) electrons. The lowest BCUT2D eigenvalue weighted by atomic mass is 9.96. The maximum atomic E-state index is 12.9. The van der Waals surface area contributed by atoms with Crippen LogP contribution in [0.25, 0.3) is 33.1 Å². The van der Waals surface area contributed by atoms with Crippen LogP contribution in [0, 0.1) is 20.8 Å². The lowest BCUT2D eigenvalue weighted by Gasteiger charge is -2.19. The van der Waals surface area contributed by atoms with Crippen LogP contribution in [0.15, 0.2) is 50.0 Å². The zero-order chi connectivity index (χ0) is 26.0. The second-order valence-corrected chi connectivity index (χ2v) is 9.85. The zero-order valence-corrected chi connectivity index (χ0v) is 21.5. The molecule has 1 amide bonds. The van der Waals surface area contributed by atoms with Crippen molar-refractivity contribution < 1.29 is 23.5 Å². The standard InChI is InChI=1S/C28H29NO6S/c1-15-19(10-11-23(30)29-22(27(31)32)12-13-36-4)28(33)35-25-16(2)26-21(14-20(15)25)24(17(3)34-26)18-8-6-5-7-9-18/h5-9,14,22H,10-13H2,1-4H3,(H,29,30)(H,31,32)/p-1/t22-/m0/s1. The second kappa shape index (κ2) is 10.6. The fourth-order valence-corrected chi connectivity index (χ4v) is 5.09. The van der Waals surface area contributed by atoms with Crippen LogP contribution in [0.3, 0.4) is 0 Å². The van der Waals surface area contributed by atoms with Crippen molar-refractivity contribution in [2.75, 3.05) is 12.0 Å². The van der Waals surface area contributed by atoms with E-state index >= 15 is 0 Å². The smallest absolute Gasteiger partial charge is 0.339 e. The molecule has 2 heterocycles. The minimum atomic E-state index is -1.32. The summed E-state index contributed by atoms with van der Waals surface area (Å²) in [6.45, 7) is 5.63. The molecule has 188 valence electrons. The molecule has 2 aromatic carbocycles. The average Bonchev–Trinajstić information content (AvgIpc) is 3.19. The topological polar surface area (TPSA) is 113 Å². The predicted molar refractivity (Wildman–Crippen MR) is 140 cm³/mol. The van der Waals surface area contributed by atoms with E-state index in [-0.39, 0.29) is 19.3 Å². The van der Waals surface area contributed by atoms with Gasteiger partial charge >= 0.3 is 5.63 Å². The molecule has 0 aliphatic carbocycles. The highest BCUT2D eigenvalue weighted by atomic mass is 32.2. The fourth-order valence-electron chi connectivity index (χ4n) is 4.62. The van der Waals surface area contributed by atoms with E-state index in [1.54, 1.807) is 0 Å². The molecular formula is C28H28NO6S-. The lowest BCUT2D eigenvalue weighted by molar-refractivity contribution is -0.308. The van der Waals surface area contributed by atoms with Gasteiger partial charge in [-0.3, -0.25) is 4.79 Å². The third-order valence-electron chi connectivity index (χ3n) is 6.53. The van der Waals surface area contributed by atoms with Gasteiger partial charge < -0.3 is 24.1 Å². The van der Waals surface area contributed by atoms with E-state index in [9.17, 15) is 19.5 Å². The van der Waals surface area contributed by atoms with Crippen molar-refractivity contribution in [1.82, 2.24) is 5.32 Å². The first kappa shape index (κ1) is 25.6. The van der Waals surface area contributed by atoms with E-state index in [2.05, 4.69) is 5.32 Å². The van der Waals surface area contributed by atoms with Gasteiger partial charge in [0.15, 0.2) is 0 Å². The summed E-state index contributed by atoms with van der Waals surface area (Å²) < 4.78 is 11.8. The molecule has 4 rings (SSSR count). The van der Waals surface area contributed by atoms with E-state index in [4.69, 9.17) is 8.83 Å². The summed E-state index contributed by atoms with van der Waals surface area (Å²) in [5, 5.41) is 15.5. The first-order chi connectivity index (χ1) is 17.2. The number of hydrogen-bond donors (Lipinski definition) is 1. The molecule has 1 N–H and O–H groups in total. The lowest BCUT2D eigenvalue weighted by Crippen LogP contribution is -2.48. The number of carbonyl (C=O) groups is 2. The summed E-state index contributed by atoms with van der Waals surface area (Å²) >= 11 is 1.49. The first-order valence-corrected chi connectivity index (χ1v) is 13.2. The number of fused-ring (bicyclic) bond motifs is 2. The maximum Gasteiger partial charge on any atom is 0.339 e. The molecule has 4 aromatic rings. The molecule has 0 unspecified atom stereocenters. The van der Waals surface area contributed by atoms with Crippen LogP contribution in [-0.2, 0) is 16.0 Å². The molecular weight excluding hydrogens is 478 g/mol. The Labute approximate surface area is 212 Å². The largest absolute Gasteiger partial charge is 0.548 e. The van der Waals surface area contributed by atoms with Gasteiger partial charge in [0.2, 0.25) is 5.91 Å². The van der Waals surface area contributed by atoms with Crippen molar-refractivity contribution in [3.05, 3.63) is 69.3 Å². The molecule has 2 aromatic heterocycles. The van der Waals surface area contributed by atoms with E-state index < -0.39 is 23.5 Å². The average molecular weight is 507 g/mol. The number of carboxylic acids is 1. The minimum absolute atomic E-state index is 0.0402. The molecule has 0 fully saturated rings. The van der Waals surface area contributed by atoms with E-state index in [1.165, 1.54) is 11.8 Å². The highest BCUT2D eigenvalue weighted by Gasteiger charge is 2.21. The quantitative estimate of drug-likeness (QED) is 0.341. The molecule has 0 saturated heterocycles.